The lowest BCUT2D eigenvalue weighted by atomic mass is 9.97. The minimum atomic E-state index is -1.24. The van der Waals surface area contributed by atoms with E-state index < -0.39 is 59.2 Å². The Morgan fingerprint density at radius 1 is 0.964 bits per heavy atom. The molecule has 11 N–H and O–H groups in total. The molecule has 300 valence electrons. The molecule has 2 fully saturated rings. The minimum Gasteiger partial charge on any atom is -0.508 e. The zero-order valence-corrected chi connectivity index (χ0v) is 31.7. The molecule has 3 heterocycles. The van der Waals surface area contributed by atoms with E-state index >= 15 is 0 Å². The van der Waals surface area contributed by atoms with Gasteiger partial charge in [-0.15, -0.1) is 0 Å². The maximum Gasteiger partial charge on any atom is 0.249 e. The molecule has 17 nitrogen and oxygen atoms in total. The number of likely N-dealkylation sites (tertiary alicyclic amines) is 1. The molecule has 5 atom stereocenters. The number of fused-ring (bicyclic) bond motifs is 1. The maximum absolute atomic E-state index is 14.2. The lowest BCUT2D eigenvalue weighted by molar-refractivity contribution is -0.139. The number of phenols is 1. The molecule has 2 saturated heterocycles. The summed E-state index contributed by atoms with van der Waals surface area (Å²) in [5.41, 5.74) is 12.3. The second-order valence-corrected chi connectivity index (χ2v) is 14.5. The van der Waals surface area contributed by atoms with E-state index in [-0.39, 0.29) is 62.7 Å². The summed E-state index contributed by atoms with van der Waals surface area (Å²) in [7, 11) is 0. The second-order valence-electron chi connectivity index (χ2n) is 14.5. The number of hydrogen-bond donors (Lipinski definition) is 9. The molecule has 0 bridgehead atoms. The lowest BCUT2D eigenvalue weighted by Crippen LogP contribution is -2.60. The van der Waals surface area contributed by atoms with E-state index in [1.165, 1.54) is 12.1 Å². The van der Waals surface area contributed by atoms with Crippen LogP contribution in [0.1, 0.15) is 63.5 Å². The fourth-order valence-electron chi connectivity index (χ4n) is 7.32. The van der Waals surface area contributed by atoms with Crippen molar-refractivity contribution in [3.63, 3.8) is 0 Å². The molecule has 5 rings (SSSR count). The number of aromatic nitrogens is 1. The first-order valence-electron chi connectivity index (χ1n) is 19.0. The number of carbonyl (C=O) groups excluding carboxylic acids is 6. The number of benzene rings is 2. The summed E-state index contributed by atoms with van der Waals surface area (Å²) in [6, 6.07) is 9.06. The van der Waals surface area contributed by atoms with Gasteiger partial charge in [0.2, 0.25) is 35.4 Å². The number of imide groups is 1. The van der Waals surface area contributed by atoms with Crippen LogP contribution in [0, 0.1) is 0 Å². The van der Waals surface area contributed by atoms with Crippen molar-refractivity contribution in [2.45, 2.75) is 94.9 Å². The fraction of sp³-hybridized carbons (Fsp3) is 0.462. The van der Waals surface area contributed by atoms with Crippen molar-refractivity contribution in [1.82, 2.24) is 36.5 Å². The number of para-hydroxylation sites is 1. The number of nitrogens with zero attached hydrogens (tertiary/aromatic N) is 2. The van der Waals surface area contributed by atoms with Crippen LogP contribution in [-0.4, -0.2) is 106 Å². The summed E-state index contributed by atoms with van der Waals surface area (Å²) in [5.74, 6) is -3.58. The number of phenolic OH excluding ortho intramolecular Hbond substituents is 1. The van der Waals surface area contributed by atoms with Crippen LogP contribution in [0.3, 0.4) is 0 Å². The monoisotopic (exact) mass is 772 g/mol. The Balaban J connectivity index is 1.40. The number of carbonyl (C=O) groups is 6. The predicted molar refractivity (Wildman–Crippen MR) is 209 cm³/mol. The quantitative estimate of drug-likeness (QED) is 0.0502. The van der Waals surface area contributed by atoms with Crippen LogP contribution in [0.15, 0.2) is 59.7 Å². The maximum atomic E-state index is 14.2. The number of aromatic amines is 1. The van der Waals surface area contributed by atoms with Gasteiger partial charge in [-0.1, -0.05) is 37.3 Å². The van der Waals surface area contributed by atoms with Crippen molar-refractivity contribution in [3.05, 3.63) is 65.9 Å². The van der Waals surface area contributed by atoms with Crippen LogP contribution in [0.4, 0.5) is 0 Å². The summed E-state index contributed by atoms with van der Waals surface area (Å²) in [6.07, 6.45) is 3.83. The number of guanidine groups is 1. The molecule has 2 aliphatic rings. The Morgan fingerprint density at radius 2 is 1.66 bits per heavy atom. The van der Waals surface area contributed by atoms with Gasteiger partial charge in [-0.2, -0.15) is 0 Å². The van der Waals surface area contributed by atoms with Crippen molar-refractivity contribution in [2.24, 2.45) is 16.5 Å². The van der Waals surface area contributed by atoms with Gasteiger partial charge in [0.1, 0.15) is 29.9 Å². The number of amides is 6. The van der Waals surface area contributed by atoms with E-state index in [1.54, 1.807) is 25.3 Å². The Bertz CT molecular complexity index is 1940. The van der Waals surface area contributed by atoms with Crippen LogP contribution in [-0.2, 0) is 41.6 Å². The van der Waals surface area contributed by atoms with Gasteiger partial charge >= 0.3 is 0 Å². The first-order valence-corrected chi connectivity index (χ1v) is 19.0. The average Bonchev–Trinajstić information content (AvgIpc) is 3.91. The predicted octanol–water partition coefficient (Wildman–Crippen LogP) is -0.0375. The highest BCUT2D eigenvalue weighted by molar-refractivity contribution is 6.04. The summed E-state index contributed by atoms with van der Waals surface area (Å²) in [6.45, 7) is 5.23. The molecule has 56 heavy (non-hydrogen) atoms. The Morgan fingerprint density at radius 3 is 2.36 bits per heavy atom. The van der Waals surface area contributed by atoms with Gasteiger partial charge < -0.3 is 42.8 Å². The van der Waals surface area contributed by atoms with Crippen LogP contribution in [0.5, 0.6) is 5.75 Å². The smallest absolute Gasteiger partial charge is 0.249 e. The van der Waals surface area contributed by atoms with E-state index in [4.69, 9.17) is 11.5 Å². The van der Waals surface area contributed by atoms with Gasteiger partial charge in [0.05, 0.1) is 5.54 Å². The highest BCUT2D eigenvalue weighted by atomic mass is 16.3. The molecule has 0 spiro atoms. The zero-order chi connectivity index (χ0) is 40.4. The van der Waals surface area contributed by atoms with Crippen LogP contribution < -0.4 is 38.1 Å². The number of nitrogens with one attached hydrogen (secondary N) is 6. The SMILES string of the molecule is CCN1CCC[C@]1(C)C(=O)NC(=O)[C@H](Cc1c[nH]c2ccccc12)NC(=O)[C@H](CCCN=C(N)N)NC(=O)[C@H](Cc1ccc(O)cc1)NC(=O)[C@@H]1CCC(=O)N1. The molecule has 2 aromatic carbocycles. The Labute approximate surface area is 324 Å². The standard InChI is InChI=1S/C39H52N10O7/c1-3-49-19-7-17-39(49,2)37(56)48-36(55)31(21-24-22-43-27-9-5-4-8-26(24)27)47-33(52)28(10-6-18-42-38(40)41)45-35(54)30(20-23-11-13-25(50)14-12-23)46-34(53)29-15-16-32(51)44-29/h4-5,8-9,11-14,22,28-31,43,50H,3,6-7,10,15-21H2,1-2H3,(H,44,51)(H,45,54)(H,46,53)(H,47,52)(H4,40,41,42)(H,48,55,56)/t28-,29-,30-,31-,39+/m0/s1. The van der Waals surface area contributed by atoms with Crippen molar-refractivity contribution < 1.29 is 33.9 Å². The van der Waals surface area contributed by atoms with Crippen LogP contribution in [0.25, 0.3) is 10.9 Å². The normalized spacial score (nSPS) is 19.7. The summed E-state index contributed by atoms with van der Waals surface area (Å²) >= 11 is 0. The Kier molecular flexibility index (Phi) is 13.7. The van der Waals surface area contributed by atoms with E-state index in [9.17, 15) is 33.9 Å². The Hall–Kier alpha value is -5.97. The first-order chi connectivity index (χ1) is 26.8. The number of nitrogens with two attached hydrogens (primary N) is 2. The minimum absolute atomic E-state index is 0.0118. The summed E-state index contributed by atoms with van der Waals surface area (Å²) in [4.78, 5) is 90.2. The molecular weight excluding hydrogens is 720 g/mol. The molecule has 3 aromatic rings. The molecule has 2 aliphatic heterocycles. The largest absolute Gasteiger partial charge is 0.508 e. The van der Waals surface area contributed by atoms with Gasteiger partial charge in [0.15, 0.2) is 5.96 Å². The highest BCUT2D eigenvalue weighted by Gasteiger charge is 2.43. The van der Waals surface area contributed by atoms with Gasteiger partial charge in [-0.3, -0.25) is 44.0 Å². The van der Waals surface area contributed by atoms with Gasteiger partial charge in [-0.25, -0.2) is 0 Å². The molecule has 0 aliphatic carbocycles. The third-order valence-corrected chi connectivity index (χ3v) is 10.5. The number of likely N-dealkylation sites (N-methyl/N-ethyl adjacent to an activating group) is 1. The van der Waals surface area contributed by atoms with E-state index in [1.807, 2.05) is 36.1 Å². The number of H-pyrrole nitrogens is 1. The zero-order valence-electron chi connectivity index (χ0n) is 31.7. The fourth-order valence-corrected chi connectivity index (χ4v) is 7.32. The molecule has 1 aromatic heterocycles. The molecule has 6 amide bonds. The molecule has 0 radical (unpaired) electrons. The highest BCUT2D eigenvalue weighted by Crippen LogP contribution is 2.29. The van der Waals surface area contributed by atoms with Gasteiger partial charge in [-0.05, 0) is 81.4 Å². The third-order valence-electron chi connectivity index (χ3n) is 10.5. The molecular formula is C39H52N10O7. The van der Waals surface area contributed by atoms with Crippen molar-refractivity contribution in [2.75, 3.05) is 19.6 Å². The van der Waals surface area contributed by atoms with E-state index in [2.05, 4.69) is 36.6 Å². The first kappa shape index (κ1) is 41.2. The number of aromatic hydroxyl groups is 1. The third kappa shape index (κ3) is 10.4. The van der Waals surface area contributed by atoms with Gasteiger partial charge in [0, 0.05) is 42.9 Å². The number of rotatable bonds is 17. The average molecular weight is 773 g/mol. The molecule has 0 saturated carbocycles. The lowest BCUT2D eigenvalue weighted by Gasteiger charge is -2.33. The number of aliphatic imine (C=N–C) groups is 1. The van der Waals surface area contributed by atoms with E-state index in [0.29, 0.717) is 18.5 Å². The summed E-state index contributed by atoms with van der Waals surface area (Å²) < 4.78 is 0. The number of hydrogen-bond acceptors (Lipinski definition) is 9. The van der Waals surface area contributed by atoms with Crippen LogP contribution in [0.2, 0.25) is 0 Å². The van der Waals surface area contributed by atoms with Gasteiger partial charge in [0.25, 0.3) is 0 Å². The second kappa shape index (κ2) is 18.6. The van der Waals surface area contributed by atoms with E-state index in [0.717, 1.165) is 29.4 Å². The van der Waals surface area contributed by atoms with Crippen molar-refractivity contribution in [1.29, 1.82) is 0 Å². The topological polar surface area (TPSA) is 266 Å². The molecule has 17 heteroatoms. The van der Waals surface area contributed by atoms with Crippen LogP contribution >= 0.6 is 0 Å². The molecule has 0 unspecified atom stereocenters. The van der Waals surface area contributed by atoms with Crippen molar-refractivity contribution in [3.8, 4) is 5.75 Å². The summed E-state index contributed by atoms with van der Waals surface area (Å²) in [5, 5.41) is 24.1. The van der Waals surface area contributed by atoms with Crippen molar-refractivity contribution >= 4 is 52.3 Å².